The van der Waals surface area contributed by atoms with Crippen LogP contribution >= 0.6 is 0 Å². The number of nitrogens with zero attached hydrogens (tertiary/aromatic N) is 4. The molecule has 0 bridgehead atoms. The third-order valence-corrected chi connectivity index (χ3v) is 8.16. The van der Waals surface area contributed by atoms with Crippen LogP contribution < -0.4 is 9.64 Å². The molecular formula is C32H42N4O4. The highest BCUT2D eigenvalue weighted by atomic mass is 16.5. The molecule has 2 aromatic carbocycles. The largest absolute Gasteiger partial charge is 0.494 e. The van der Waals surface area contributed by atoms with Crippen LogP contribution in [0.25, 0.3) is 10.9 Å². The summed E-state index contributed by atoms with van der Waals surface area (Å²) < 4.78 is 13.2. The van der Waals surface area contributed by atoms with E-state index in [4.69, 9.17) is 9.47 Å². The summed E-state index contributed by atoms with van der Waals surface area (Å²) in [5.74, 6) is 0.562. The SMILES string of the molecule is CCOC(=O)Cc1c(C(=O)N2CCN(c3ccc(OCCCN4CCCCC4)cc3)CC2)c2ccccc2n1C. The summed E-state index contributed by atoms with van der Waals surface area (Å²) >= 11 is 0. The molecule has 0 N–H and O–H groups in total. The maximum Gasteiger partial charge on any atom is 0.311 e. The molecule has 1 aromatic heterocycles. The average Bonchev–Trinajstić information content (AvgIpc) is 3.27. The van der Waals surface area contributed by atoms with E-state index < -0.39 is 0 Å². The minimum atomic E-state index is -0.318. The minimum absolute atomic E-state index is 0.0240. The number of hydrogen-bond donors (Lipinski definition) is 0. The lowest BCUT2D eigenvalue weighted by Gasteiger charge is -2.36. The number of carbonyl (C=O) groups is 2. The van der Waals surface area contributed by atoms with Crippen LogP contribution in [0, 0.1) is 0 Å². The number of rotatable bonds is 10. The lowest BCUT2D eigenvalue weighted by molar-refractivity contribution is -0.142. The van der Waals surface area contributed by atoms with Crippen molar-refractivity contribution >= 4 is 28.5 Å². The van der Waals surface area contributed by atoms with Gasteiger partial charge in [0.05, 0.1) is 25.2 Å². The molecule has 2 saturated heterocycles. The van der Waals surface area contributed by atoms with Crippen molar-refractivity contribution in [2.45, 2.75) is 39.0 Å². The number of piperidine rings is 1. The van der Waals surface area contributed by atoms with Gasteiger partial charge in [0.15, 0.2) is 0 Å². The Morgan fingerprint density at radius 2 is 1.60 bits per heavy atom. The molecule has 1 amide bonds. The number of hydrogen-bond acceptors (Lipinski definition) is 6. The van der Waals surface area contributed by atoms with Gasteiger partial charge in [0.1, 0.15) is 5.75 Å². The second-order valence-corrected chi connectivity index (χ2v) is 10.8. The molecule has 2 fully saturated rings. The van der Waals surface area contributed by atoms with Crippen LogP contribution in [0.2, 0.25) is 0 Å². The number of aryl methyl sites for hydroxylation is 1. The molecule has 0 aliphatic carbocycles. The molecule has 0 radical (unpaired) electrons. The van der Waals surface area contributed by atoms with Crippen molar-refractivity contribution in [3.05, 3.63) is 59.8 Å². The number of amides is 1. The highest BCUT2D eigenvalue weighted by molar-refractivity contribution is 6.09. The van der Waals surface area contributed by atoms with E-state index in [1.165, 1.54) is 32.4 Å². The number of aromatic nitrogens is 1. The first kappa shape index (κ1) is 28.0. The zero-order chi connectivity index (χ0) is 27.9. The smallest absolute Gasteiger partial charge is 0.311 e. The van der Waals surface area contributed by atoms with Gasteiger partial charge in [-0.1, -0.05) is 24.6 Å². The topological polar surface area (TPSA) is 67.3 Å². The average molecular weight is 547 g/mol. The summed E-state index contributed by atoms with van der Waals surface area (Å²) in [6.07, 6.45) is 5.14. The van der Waals surface area contributed by atoms with Gasteiger partial charge in [-0.3, -0.25) is 9.59 Å². The molecule has 40 heavy (non-hydrogen) atoms. The number of benzene rings is 2. The van der Waals surface area contributed by atoms with E-state index >= 15 is 0 Å². The zero-order valence-corrected chi connectivity index (χ0v) is 23.9. The van der Waals surface area contributed by atoms with E-state index in [0.29, 0.717) is 31.0 Å². The van der Waals surface area contributed by atoms with Crippen molar-refractivity contribution < 1.29 is 19.1 Å². The van der Waals surface area contributed by atoms with Crippen molar-refractivity contribution in [1.29, 1.82) is 0 Å². The number of esters is 1. The van der Waals surface area contributed by atoms with E-state index in [9.17, 15) is 9.59 Å². The first-order valence-corrected chi connectivity index (χ1v) is 14.8. The van der Waals surface area contributed by atoms with E-state index in [2.05, 4.69) is 21.9 Å². The Balaban J connectivity index is 1.17. The third-order valence-electron chi connectivity index (χ3n) is 8.16. The first-order valence-electron chi connectivity index (χ1n) is 14.8. The van der Waals surface area contributed by atoms with Crippen LogP contribution in [0.15, 0.2) is 48.5 Å². The van der Waals surface area contributed by atoms with E-state index in [-0.39, 0.29) is 18.3 Å². The van der Waals surface area contributed by atoms with Gasteiger partial charge in [0, 0.05) is 62.1 Å². The fourth-order valence-corrected chi connectivity index (χ4v) is 5.98. The van der Waals surface area contributed by atoms with E-state index in [0.717, 1.165) is 55.0 Å². The Kier molecular flexibility index (Phi) is 9.26. The second-order valence-electron chi connectivity index (χ2n) is 10.8. The summed E-state index contributed by atoms with van der Waals surface area (Å²) in [4.78, 5) is 33.0. The summed E-state index contributed by atoms with van der Waals surface area (Å²) in [7, 11) is 1.91. The van der Waals surface area contributed by atoms with Crippen molar-refractivity contribution in [3.63, 3.8) is 0 Å². The van der Waals surface area contributed by atoms with Gasteiger partial charge in [-0.15, -0.1) is 0 Å². The number of likely N-dealkylation sites (tertiary alicyclic amines) is 1. The Bertz CT molecular complexity index is 1290. The molecule has 0 spiro atoms. The molecule has 5 rings (SSSR count). The third kappa shape index (κ3) is 6.44. The predicted octanol–water partition coefficient (Wildman–Crippen LogP) is 4.50. The van der Waals surface area contributed by atoms with Gasteiger partial charge in [0.25, 0.3) is 5.91 Å². The fourth-order valence-electron chi connectivity index (χ4n) is 5.98. The molecule has 0 unspecified atom stereocenters. The zero-order valence-electron chi connectivity index (χ0n) is 23.9. The molecule has 3 heterocycles. The number of fused-ring (bicyclic) bond motifs is 1. The predicted molar refractivity (Wildman–Crippen MR) is 158 cm³/mol. The van der Waals surface area contributed by atoms with Crippen molar-refractivity contribution in [3.8, 4) is 5.75 Å². The van der Waals surface area contributed by atoms with Crippen LogP contribution in [0.5, 0.6) is 5.75 Å². The molecule has 2 aliphatic heterocycles. The van der Waals surface area contributed by atoms with Gasteiger partial charge in [-0.2, -0.15) is 0 Å². The number of piperazine rings is 1. The van der Waals surface area contributed by atoms with Gasteiger partial charge in [0.2, 0.25) is 0 Å². The molecule has 8 heteroatoms. The molecule has 3 aromatic rings. The van der Waals surface area contributed by atoms with Crippen molar-refractivity contribution in [2.75, 3.05) is 63.9 Å². The summed E-state index contributed by atoms with van der Waals surface area (Å²) in [6.45, 7) is 9.16. The molecule has 8 nitrogen and oxygen atoms in total. The Labute approximate surface area is 237 Å². The van der Waals surface area contributed by atoms with Crippen molar-refractivity contribution in [2.24, 2.45) is 7.05 Å². The van der Waals surface area contributed by atoms with Gasteiger partial charge >= 0.3 is 5.97 Å². The number of ether oxygens (including phenoxy) is 2. The number of para-hydroxylation sites is 1. The monoisotopic (exact) mass is 546 g/mol. The van der Waals surface area contributed by atoms with Crippen LogP contribution in [-0.4, -0.2) is 85.3 Å². The van der Waals surface area contributed by atoms with Gasteiger partial charge < -0.3 is 28.7 Å². The van der Waals surface area contributed by atoms with Crippen LogP contribution in [0.4, 0.5) is 5.69 Å². The minimum Gasteiger partial charge on any atom is -0.494 e. The van der Waals surface area contributed by atoms with Crippen LogP contribution in [-0.2, 0) is 23.0 Å². The molecular weight excluding hydrogens is 504 g/mol. The van der Waals surface area contributed by atoms with Crippen LogP contribution in [0.1, 0.15) is 48.7 Å². The summed E-state index contributed by atoms with van der Waals surface area (Å²) in [5, 5.41) is 0.878. The van der Waals surface area contributed by atoms with Crippen LogP contribution in [0.3, 0.4) is 0 Å². The lowest BCUT2D eigenvalue weighted by Crippen LogP contribution is -2.49. The maximum absolute atomic E-state index is 13.8. The molecule has 0 saturated carbocycles. The highest BCUT2D eigenvalue weighted by Crippen LogP contribution is 2.28. The van der Waals surface area contributed by atoms with Gasteiger partial charge in [-0.05, 0) is 69.6 Å². The van der Waals surface area contributed by atoms with E-state index in [1.54, 1.807) is 6.92 Å². The maximum atomic E-state index is 13.8. The molecule has 214 valence electrons. The van der Waals surface area contributed by atoms with Gasteiger partial charge in [-0.25, -0.2) is 0 Å². The number of carbonyl (C=O) groups excluding carboxylic acids is 2. The highest BCUT2D eigenvalue weighted by Gasteiger charge is 2.29. The van der Waals surface area contributed by atoms with E-state index in [1.807, 2.05) is 52.9 Å². The Morgan fingerprint density at radius 1 is 0.875 bits per heavy atom. The Hall–Kier alpha value is -3.52. The standard InChI is InChI=1S/C32H42N4O4/c1-3-39-30(37)24-29-31(27-10-5-6-11-28(27)33(29)2)32(38)36-21-19-35(20-22-36)25-12-14-26(15-13-25)40-23-9-18-34-16-7-4-8-17-34/h5-6,10-15H,3-4,7-9,16-24H2,1-2H3. The lowest BCUT2D eigenvalue weighted by atomic mass is 10.1. The summed E-state index contributed by atoms with van der Waals surface area (Å²) in [6, 6.07) is 16.2. The number of anilines is 1. The Morgan fingerprint density at radius 3 is 2.33 bits per heavy atom. The molecule has 0 atom stereocenters. The quantitative estimate of drug-likeness (QED) is 0.276. The molecule has 2 aliphatic rings. The first-order chi connectivity index (χ1) is 19.5. The van der Waals surface area contributed by atoms with Crippen molar-refractivity contribution in [1.82, 2.24) is 14.4 Å². The normalized spacial score (nSPS) is 16.4. The second kappa shape index (κ2) is 13.2. The fraction of sp³-hybridized carbons (Fsp3) is 0.500. The summed E-state index contributed by atoms with van der Waals surface area (Å²) in [5.41, 5.74) is 3.40.